The molecule has 3 atom stereocenters. The summed E-state index contributed by atoms with van der Waals surface area (Å²) in [5.41, 5.74) is 0. The molecule has 0 aromatic rings. The third-order valence-electron chi connectivity index (χ3n) is 14.6. The molecule has 432 valence electrons. The van der Waals surface area contributed by atoms with E-state index in [1.807, 2.05) is 27.2 Å². The van der Waals surface area contributed by atoms with E-state index in [-0.39, 0.29) is 19.1 Å². The highest BCUT2D eigenvalue weighted by molar-refractivity contribution is 7.47. The third kappa shape index (κ3) is 58.2. The minimum absolute atomic E-state index is 0.0551. The monoisotopic (exact) mass is 1050 g/mol. The average Bonchev–Trinajstić information content (AvgIpc) is 3.35. The predicted octanol–water partition coefficient (Wildman–Crippen LogP) is 19.7. The van der Waals surface area contributed by atoms with Gasteiger partial charge in [-0.05, 0) is 44.9 Å². The Morgan fingerprint density at radius 2 is 0.753 bits per heavy atom. The van der Waals surface area contributed by atoms with Crippen molar-refractivity contribution in [3.63, 3.8) is 0 Å². The number of allylic oxidation sites excluding steroid dienone is 5. The first kappa shape index (κ1) is 71.7. The largest absolute Gasteiger partial charge is 0.472 e. The van der Waals surface area contributed by atoms with Gasteiger partial charge in [-0.2, -0.15) is 0 Å². The molecular formula is C64H126N2O6P+. The number of aliphatic hydroxyl groups excluding tert-OH is 1. The lowest BCUT2D eigenvalue weighted by Crippen LogP contribution is -2.45. The van der Waals surface area contributed by atoms with Gasteiger partial charge in [0, 0.05) is 6.42 Å². The summed E-state index contributed by atoms with van der Waals surface area (Å²) < 4.78 is 23.7. The van der Waals surface area contributed by atoms with Crippen molar-refractivity contribution in [2.24, 2.45) is 0 Å². The summed E-state index contributed by atoms with van der Waals surface area (Å²) in [4.78, 5) is 23.3. The minimum atomic E-state index is -4.36. The zero-order chi connectivity index (χ0) is 53.5. The standard InChI is InChI=1S/C64H125N2O6P/c1-6-8-10-12-14-16-18-20-22-24-25-26-27-28-29-30-31-32-33-34-35-36-37-38-39-40-42-44-46-48-50-52-54-56-58-64(68)65-62(61-72-73(69,70)71-60-59-66(3,4)5)63(67)57-55-53-51-49-47-45-43-41-23-21-19-17-15-13-11-9-7-2/h23,41,47,49,55,57,62-63,67H,6-22,24-40,42-46,48,50-54,56,58-61H2,1-5H3,(H-,65,68,69,70)/p+1/b41-23+,49-47+,57-55+. The quantitative estimate of drug-likeness (QED) is 0.0243. The van der Waals surface area contributed by atoms with Gasteiger partial charge in [0.25, 0.3) is 0 Å². The van der Waals surface area contributed by atoms with E-state index in [4.69, 9.17) is 9.05 Å². The number of hydrogen-bond acceptors (Lipinski definition) is 5. The van der Waals surface area contributed by atoms with Gasteiger partial charge < -0.3 is 19.8 Å². The summed E-state index contributed by atoms with van der Waals surface area (Å²) >= 11 is 0. The number of nitrogens with zero attached hydrogens (tertiary/aromatic N) is 1. The summed E-state index contributed by atoms with van der Waals surface area (Å²) in [5.74, 6) is -0.185. The molecule has 1 amide bonds. The molecule has 0 fully saturated rings. The molecular weight excluding hydrogens is 924 g/mol. The topological polar surface area (TPSA) is 105 Å². The number of carbonyl (C=O) groups excluding carboxylic acids is 1. The van der Waals surface area contributed by atoms with E-state index in [0.29, 0.717) is 17.4 Å². The predicted molar refractivity (Wildman–Crippen MR) is 318 cm³/mol. The molecule has 0 saturated heterocycles. The molecule has 0 heterocycles. The molecule has 9 heteroatoms. The van der Waals surface area contributed by atoms with Gasteiger partial charge >= 0.3 is 7.82 Å². The van der Waals surface area contributed by atoms with Crippen LogP contribution in [0.4, 0.5) is 0 Å². The average molecular weight is 1050 g/mol. The van der Waals surface area contributed by atoms with Crippen molar-refractivity contribution < 1.29 is 32.9 Å². The third-order valence-corrected chi connectivity index (χ3v) is 15.6. The summed E-state index contributed by atoms with van der Waals surface area (Å²) in [6, 6.07) is -0.868. The molecule has 0 spiro atoms. The smallest absolute Gasteiger partial charge is 0.387 e. The Kier molecular flexibility index (Phi) is 54.5. The SMILES string of the molecule is CCCCCCCCC/C=C/CC/C=C/CC/C=C/C(O)C(COP(=O)(O)OCC[N+](C)(C)C)NC(=O)CCCCCCCCCCCCCCCCCCCCCCCCCCCCCCCCCCCC. The summed E-state index contributed by atoms with van der Waals surface area (Å²) in [7, 11) is 1.56. The molecule has 0 aliphatic rings. The second kappa shape index (κ2) is 55.5. The highest BCUT2D eigenvalue weighted by atomic mass is 31.2. The number of nitrogens with one attached hydrogen (secondary N) is 1. The highest BCUT2D eigenvalue weighted by Gasteiger charge is 2.27. The van der Waals surface area contributed by atoms with Gasteiger partial charge in [-0.1, -0.05) is 301 Å². The van der Waals surface area contributed by atoms with E-state index in [0.717, 1.165) is 44.9 Å². The summed E-state index contributed by atoms with van der Waals surface area (Å²) in [6.45, 7) is 4.82. The molecule has 0 aromatic carbocycles. The van der Waals surface area contributed by atoms with Crippen LogP contribution in [0.25, 0.3) is 0 Å². The van der Waals surface area contributed by atoms with Crippen LogP contribution >= 0.6 is 7.82 Å². The van der Waals surface area contributed by atoms with Crippen molar-refractivity contribution in [2.75, 3.05) is 40.9 Å². The number of carbonyl (C=O) groups is 1. The zero-order valence-electron chi connectivity index (χ0n) is 49.4. The number of phosphoric acid groups is 1. The number of likely N-dealkylation sites (N-methyl/N-ethyl adjacent to an activating group) is 1. The van der Waals surface area contributed by atoms with Crippen LogP contribution in [0.15, 0.2) is 36.5 Å². The molecule has 0 rings (SSSR count). The Hall–Kier alpha value is -1.28. The van der Waals surface area contributed by atoms with E-state index in [1.54, 1.807) is 6.08 Å². The normalized spacial score (nSPS) is 14.0. The lowest BCUT2D eigenvalue weighted by Gasteiger charge is -2.25. The van der Waals surface area contributed by atoms with Crippen LogP contribution in [0.1, 0.15) is 316 Å². The number of unbranched alkanes of at least 4 members (excludes halogenated alkanes) is 42. The molecule has 3 unspecified atom stereocenters. The Morgan fingerprint density at radius 1 is 0.452 bits per heavy atom. The molecule has 0 aromatic heterocycles. The molecule has 3 N–H and O–H groups in total. The molecule has 0 aliphatic carbocycles. The fourth-order valence-electron chi connectivity index (χ4n) is 9.61. The minimum Gasteiger partial charge on any atom is -0.387 e. The first-order valence-corrected chi connectivity index (χ1v) is 33.4. The van der Waals surface area contributed by atoms with E-state index in [9.17, 15) is 19.4 Å². The Balaban J connectivity index is 4.01. The van der Waals surface area contributed by atoms with Crippen molar-refractivity contribution in [3.05, 3.63) is 36.5 Å². The molecule has 0 aliphatic heterocycles. The Bertz CT molecular complexity index is 1280. The van der Waals surface area contributed by atoms with E-state index < -0.39 is 20.0 Å². The fraction of sp³-hybridized carbons (Fsp3) is 0.891. The molecule has 73 heavy (non-hydrogen) atoms. The number of hydrogen-bond donors (Lipinski definition) is 3. The van der Waals surface area contributed by atoms with Crippen LogP contribution in [0.2, 0.25) is 0 Å². The number of rotatable bonds is 59. The Labute approximate surface area is 455 Å². The van der Waals surface area contributed by atoms with Gasteiger partial charge in [0.2, 0.25) is 5.91 Å². The maximum atomic E-state index is 13.0. The highest BCUT2D eigenvalue weighted by Crippen LogP contribution is 2.43. The second-order valence-electron chi connectivity index (χ2n) is 23.1. The van der Waals surface area contributed by atoms with Crippen LogP contribution in [0, 0.1) is 0 Å². The van der Waals surface area contributed by atoms with Crippen molar-refractivity contribution in [3.8, 4) is 0 Å². The van der Waals surface area contributed by atoms with Crippen molar-refractivity contribution in [1.29, 1.82) is 0 Å². The van der Waals surface area contributed by atoms with E-state index in [1.165, 1.54) is 250 Å². The van der Waals surface area contributed by atoms with Gasteiger partial charge in [0.05, 0.1) is 39.9 Å². The fourth-order valence-corrected chi connectivity index (χ4v) is 10.3. The number of phosphoric ester groups is 1. The first-order chi connectivity index (χ1) is 35.5. The van der Waals surface area contributed by atoms with E-state index in [2.05, 4.69) is 43.5 Å². The van der Waals surface area contributed by atoms with Gasteiger partial charge in [-0.15, -0.1) is 0 Å². The molecule has 8 nitrogen and oxygen atoms in total. The van der Waals surface area contributed by atoms with Crippen molar-refractivity contribution in [1.82, 2.24) is 5.32 Å². The van der Waals surface area contributed by atoms with Crippen LogP contribution in [-0.2, 0) is 18.4 Å². The van der Waals surface area contributed by atoms with Crippen LogP contribution in [0.5, 0.6) is 0 Å². The van der Waals surface area contributed by atoms with Crippen molar-refractivity contribution >= 4 is 13.7 Å². The molecule has 0 bridgehead atoms. The first-order valence-electron chi connectivity index (χ1n) is 31.9. The van der Waals surface area contributed by atoms with E-state index >= 15 is 0 Å². The maximum absolute atomic E-state index is 13.0. The second-order valence-corrected chi connectivity index (χ2v) is 24.6. The Morgan fingerprint density at radius 3 is 1.10 bits per heavy atom. The number of aliphatic hydroxyl groups is 1. The van der Waals surface area contributed by atoms with Gasteiger partial charge in [-0.3, -0.25) is 13.8 Å². The maximum Gasteiger partial charge on any atom is 0.472 e. The molecule has 0 saturated carbocycles. The van der Waals surface area contributed by atoms with Crippen LogP contribution < -0.4 is 5.32 Å². The lowest BCUT2D eigenvalue weighted by atomic mass is 10.0. The summed E-state index contributed by atoms with van der Waals surface area (Å²) in [6.07, 6.45) is 72.9. The zero-order valence-corrected chi connectivity index (χ0v) is 50.3. The number of quaternary nitrogens is 1. The number of amides is 1. The summed E-state index contributed by atoms with van der Waals surface area (Å²) in [5, 5.41) is 13.9. The lowest BCUT2D eigenvalue weighted by molar-refractivity contribution is -0.870. The van der Waals surface area contributed by atoms with Crippen LogP contribution in [-0.4, -0.2) is 73.4 Å². The van der Waals surface area contributed by atoms with Gasteiger partial charge in [0.15, 0.2) is 0 Å². The van der Waals surface area contributed by atoms with Gasteiger partial charge in [-0.25, -0.2) is 4.57 Å². The molecule has 0 radical (unpaired) electrons. The van der Waals surface area contributed by atoms with Crippen molar-refractivity contribution in [2.45, 2.75) is 328 Å². The van der Waals surface area contributed by atoms with Crippen LogP contribution in [0.3, 0.4) is 0 Å². The van der Waals surface area contributed by atoms with Gasteiger partial charge in [0.1, 0.15) is 13.2 Å².